The second-order valence-electron chi connectivity index (χ2n) is 7.23. The van der Waals surface area contributed by atoms with Gasteiger partial charge >= 0.3 is 5.97 Å². The van der Waals surface area contributed by atoms with Crippen molar-refractivity contribution in [3.63, 3.8) is 0 Å². The number of likely N-dealkylation sites (N-methyl/N-ethyl adjacent to an activating group) is 1. The summed E-state index contributed by atoms with van der Waals surface area (Å²) in [5, 5.41) is 13.6. The number of esters is 1. The predicted octanol–water partition coefficient (Wildman–Crippen LogP) is 2.85. The van der Waals surface area contributed by atoms with Gasteiger partial charge in [-0.15, -0.1) is 0 Å². The molecule has 170 valence electrons. The molecular weight excluding hydrogens is 396 g/mol. The molecule has 0 radical (unpaired) electrons. The molecule has 2 aromatic carbocycles. The van der Waals surface area contributed by atoms with Gasteiger partial charge in [0, 0.05) is 19.6 Å². The summed E-state index contributed by atoms with van der Waals surface area (Å²) in [6.45, 7) is 8.06. The van der Waals surface area contributed by atoms with Gasteiger partial charge in [0.2, 0.25) is 0 Å². The van der Waals surface area contributed by atoms with E-state index in [1.165, 1.54) is 7.11 Å². The summed E-state index contributed by atoms with van der Waals surface area (Å²) in [5.41, 5.74) is 2.66. The first kappa shape index (κ1) is 24.7. The van der Waals surface area contributed by atoms with Gasteiger partial charge in [0.1, 0.15) is 12.7 Å². The van der Waals surface area contributed by atoms with Gasteiger partial charge in [-0.3, -0.25) is 0 Å². The molecule has 31 heavy (non-hydrogen) atoms. The second-order valence-corrected chi connectivity index (χ2v) is 7.23. The van der Waals surface area contributed by atoms with Crippen LogP contribution in [-0.2, 0) is 17.8 Å². The highest BCUT2D eigenvalue weighted by molar-refractivity contribution is 5.89. The minimum atomic E-state index is -0.559. The molecule has 1 atom stereocenters. The SMILES string of the molecule is CCN(CC)CC(O)COc1ccc(CNCc2ccc(C(=O)OC)cc2)cc1OC. The number of hydrogen-bond donors (Lipinski definition) is 2. The number of ether oxygens (including phenoxy) is 3. The lowest BCUT2D eigenvalue weighted by Crippen LogP contribution is -2.35. The van der Waals surface area contributed by atoms with Crippen molar-refractivity contribution < 1.29 is 24.1 Å². The van der Waals surface area contributed by atoms with Crippen LogP contribution in [0.25, 0.3) is 0 Å². The minimum absolute atomic E-state index is 0.214. The Hall–Kier alpha value is -2.61. The molecule has 0 saturated heterocycles. The lowest BCUT2D eigenvalue weighted by Gasteiger charge is -2.22. The van der Waals surface area contributed by atoms with Gasteiger partial charge in [-0.25, -0.2) is 4.79 Å². The molecule has 0 spiro atoms. The van der Waals surface area contributed by atoms with Crippen molar-refractivity contribution in [2.24, 2.45) is 0 Å². The van der Waals surface area contributed by atoms with Gasteiger partial charge in [-0.05, 0) is 48.5 Å². The largest absolute Gasteiger partial charge is 0.493 e. The van der Waals surface area contributed by atoms with Crippen molar-refractivity contribution in [2.75, 3.05) is 40.5 Å². The summed E-state index contributed by atoms with van der Waals surface area (Å²) < 4.78 is 16.0. The van der Waals surface area contributed by atoms with Gasteiger partial charge in [-0.1, -0.05) is 32.0 Å². The predicted molar refractivity (Wildman–Crippen MR) is 121 cm³/mol. The summed E-state index contributed by atoms with van der Waals surface area (Å²) in [6, 6.07) is 13.1. The van der Waals surface area contributed by atoms with Crippen molar-refractivity contribution in [1.29, 1.82) is 0 Å². The monoisotopic (exact) mass is 430 g/mol. The number of carbonyl (C=O) groups excluding carboxylic acids is 1. The van der Waals surface area contributed by atoms with Gasteiger partial charge < -0.3 is 29.5 Å². The third-order valence-electron chi connectivity index (χ3n) is 5.06. The van der Waals surface area contributed by atoms with Gasteiger partial charge in [0.15, 0.2) is 11.5 Å². The van der Waals surface area contributed by atoms with Crippen LogP contribution < -0.4 is 14.8 Å². The van der Waals surface area contributed by atoms with E-state index in [-0.39, 0.29) is 12.6 Å². The topological polar surface area (TPSA) is 80.3 Å². The maximum Gasteiger partial charge on any atom is 0.337 e. The number of methoxy groups -OCH3 is 2. The fraction of sp³-hybridized carbons (Fsp3) is 0.458. The molecule has 0 aromatic heterocycles. The van der Waals surface area contributed by atoms with E-state index in [1.807, 2.05) is 30.3 Å². The molecule has 0 bridgehead atoms. The van der Waals surface area contributed by atoms with E-state index < -0.39 is 6.10 Å². The average molecular weight is 431 g/mol. The van der Waals surface area contributed by atoms with E-state index >= 15 is 0 Å². The molecule has 7 nitrogen and oxygen atoms in total. The fourth-order valence-corrected chi connectivity index (χ4v) is 3.19. The molecule has 0 amide bonds. The van der Waals surface area contributed by atoms with E-state index in [2.05, 4.69) is 24.1 Å². The van der Waals surface area contributed by atoms with E-state index in [1.54, 1.807) is 19.2 Å². The van der Waals surface area contributed by atoms with Crippen molar-refractivity contribution in [2.45, 2.75) is 33.0 Å². The molecule has 0 aliphatic heterocycles. The minimum Gasteiger partial charge on any atom is -0.493 e. The maximum atomic E-state index is 11.5. The van der Waals surface area contributed by atoms with Crippen molar-refractivity contribution >= 4 is 5.97 Å². The number of carbonyl (C=O) groups is 1. The highest BCUT2D eigenvalue weighted by Gasteiger charge is 2.12. The van der Waals surface area contributed by atoms with Gasteiger partial charge in [0.25, 0.3) is 0 Å². The number of aliphatic hydroxyl groups is 1. The Morgan fingerprint density at radius 2 is 1.65 bits per heavy atom. The van der Waals surface area contributed by atoms with Crippen LogP contribution in [0.15, 0.2) is 42.5 Å². The zero-order chi connectivity index (χ0) is 22.6. The molecule has 1 unspecified atom stereocenters. The quantitative estimate of drug-likeness (QED) is 0.473. The molecule has 2 rings (SSSR count). The zero-order valence-electron chi connectivity index (χ0n) is 18.9. The summed E-state index contributed by atoms with van der Waals surface area (Å²) in [7, 11) is 2.98. The van der Waals surface area contributed by atoms with Crippen LogP contribution >= 0.6 is 0 Å². The highest BCUT2D eigenvalue weighted by Crippen LogP contribution is 2.28. The normalized spacial score (nSPS) is 11.9. The van der Waals surface area contributed by atoms with Crippen LogP contribution in [0.4, 0.5) is 0 Å². The smallest absolute Gasteiger partial charge is 0.337 e. The van der Waals surface area contributed by atoms with E-state index in [4.69, 9.17) is 14.2 Å². The third-order valence-corrected chi connectivity index (χ3v) is 5.06. The first-order valence-corrected chi connectivity index (χ1v) is 10.6. The Morgan fingerprint density at radius 3 is 2.26 bits per heavy atom. The van der Waals surface area contributed by atoms with Crippen LogP contribution in [0.2, 0.25) is 0 Å². The molecule has 0 aliphatic carbocycles. The van der Waals surface area contributed by atoms with E-state index in [9.17, 15) is 9.90 Å². The molecule has 0 heterocycles. The molecule has 2 N–H and O–H groups in total. The Labute approximate surface area is 184 Å². The Kier molecular flexibility index (Phi) is 10.3. The number of rotatable bonds is 13. The molecule has 7 heteroatoms. The lowest BCUT2D eigenvalue weighted by molar-refractivity contribution is 0.0600. The zero-order valence-corrected chi connectivity index (χ0v) is 18.9. The van der Waals surface area contributed by atoms with Gasteiger partial charge in [0.05, 0.1) is 19.8 Å². The Morgan fingerprint density at radius 1 is 1.00 bits per heavy atom. The molecule has 0 fully saturated rings. The summed E-state index contributed by atoms with van der Waals surface area (Å²) in [5.74, 6) is 0.912. The first-order chi connectivity index (χ1) is 15.0. The highest BCUT2D eigenvalue weighted by atomic mass is 16.5. The number of aliphatic hydroxyl groups excluding tert-OH is 1. The van der Waals surface area contributed by atoms with Crippen molar-refractivity contribution in [1.82, 2.24) is 10.2 Å². The summed E-state index contributed by atoms with van der Waals surface area (Å²) in [6.07, 6.45) is -0.559. The van der Waals surface area contributed by atoms with Crippen LogP contribution in [0.5, 0.6) is 11.5 Å². The Balaban J connectivity index is 1.86. The number of hydrogen-bond acceptors (Lipinski definition) is 7. The summed E-state index contributed by atoms with van der Waals surface area (Å²) >= 11 is 0. The average Bonchev–Trinajstić information content (AvgIpc) is 2.81. The van der Waals surface area contributed by atoms with Crippen LogP contribution in [0.3, 0.4) is 0 Å². The molecular formula is C24H34N2O5. The van der Waals surface area contributed by atoms with E-state index in [0.717, 1.165) is 24.2 Å². The standard InChI is InChI=1S/C24H34N2O5/c1-5-26(6-2)16-21(27)17-31-22-12-9-19(13-23(22)29-3)15-25-14-18-7-10-20(11-8-18)24(28)30-4/h7-13,21,25,27H,5-6,14-17H2,1-4H3. The number of nitrogens with one attached hydrogen (secondary N) is 1. The number of nitrogens with zero attached hydrogens (tertiary/aromatic N) is 1. The van der Waals surface area contributed by atoms with Gasteiger partial charge in [-0.2, -0.15) is 0 Å². The summed E-state index contributed by atoms with van der Waals surface area (Å²) in [4.78, 5) is 13.7. The fourth-order valence-electron chi connectivity index (χ4n) is 3.19. The van der Waals surface area contributed by atoms with Crippen LogP contribution in [0, 0.1) is 0 Å². The second kappa shape index (κ2) is 12.9. The van der Waals surface area contributed by atoms with E-state index in [0.29, 0.717) is 36.7 Å². The lowest BCUT2D eigenvalue weighted by atomic mass is 10.1. The van der Waals surface area contributed by atoms with Crippen molar-refractivity contribution in [3.8, 4) is 11.5 Å². The molecule has 2 aromatic rings. The maximum absolute atomic E-state index is 11.5. The Bertz CT molecular complexity index is 806. The third kappa shape index (κ3) is 7.86. The van der Waals surface area contributed by atoms with Crippen LogP contribution in [0.1, 0.15) is 35.3 Å². The first-order valence-electron chi connectivity index (χ1n) is 10.6. The van der Waals surface area contributed by atoms with Crippen LogP contribution in [-0.4, -0.2) is 62.5 Å². The number of benzene rings is 2. The molecule has 0 aliphatic rings. The van der Waals surface area contributed by atoms with Crippen molar-refractivity contribution in [3.05, 3.63) is 59.2 Å². The molecule has 0 saturated carbocycles.